The van der Waals surface area contributed by atoms with E-state index in [1.165, 1.54) is 6.07 Å². The zero-order valence-corrected chi connectivity index (χ0v) is 14.2. The highest BCUT2D eigenvalue weighted by atomic mass is 35.5. The van der Waals surface area contributed by atoms with Crippen LogP contribution in [0.15, 0.2) is 29.2 Å². The summed E-state index contributed by atoms with van der Waals surface area (Å²) in [6.07, 6.45) is 8.24. The Balaban J connectivity index is 3.33. The van der Waals surface area contributed by atoms with Crippen LogP contribution in [0.3, 0.4) is 0 Å². The van der Waals surface area contributed by atoms with Gasteiger partial charge in [-0.15, -0.1) is 0 Å². The monoisotopic (exact) mass is 328 g/mol. The summed E-state index contributed by atoms with van der Waals surface area (Å²) in [5.41, 5.74) is 1.82. The highest BCUT2D eigenvalue weighted by Gasteiger charge is 2.18. The van der Waals surface area contributed by atoms with E-state index < -0.39 is 15.1 Å². The third-order valence-corrected chi connectivity index (χ3v) is 4.64. The molecule has 0 bridgehead atoms. The SMILES string of the molecule is CC/C=C/CCc1cc(CC)c(C(=O)Cl)cc1S(C)(=O)=O. The minimum atomic E-state index is -3.39. The van der Waals surface area contributed by atoms with Gasteiger partial charge in [0.2, 0.25) is 0 Å². The molecule has 0 aliphatic carbocycles. The van der Waals surface area contributed by atoms with Crippen LogP contribution < -0.4 is 0 Å². The van der Waals surface area contributed by atoms with Crippen molar-refractivity contribution in [1.82, 2.24) is 0 Å². The Labute approximate surface area is 131 Å². The third-order valence-electron chi connectivity index (χ3n) is 3.26. The number of hydrogen-bond acceptors (Lipinski definition) is 3. The summed E-state index contributed by atoms with van der Waals surface area (Å²) in [6.45, 7) is 3.97. The Kier molecular flexibility index (Phi) is 6.62. The summed E-state index contributed by atoms with van der Waals surface area (Å²) >= 11 is 5.56. The van der Waals surface area contributed by atoms with E-state index >= 15 is 0 Å². The number of hydrogen-bond donors (Lipinski definition) is 0. The molecule has 0 aliphatic rings. The predicted molar refractivity (Wildman–Crippen MR) is 86.9 cm³/mol. The fraction of sp³-hybridized carbons (Fsp3) is 0.438. The molecule has 1 aromatic carbocycles. The van der Waals surface area contributed by atoms with Crippen LogP contribution in [0.5, 0.6) is 0 Å². The van der Waals surface area contributed by atoms with E-state index in [2.05, 4.69) is 13.0 Å². The van der Waals surface area contributed by atoms with Crippen molar-refractivity contribution in [2.75, 3.05) is 6.26 Å². The summed E-state index contributed by atoms with van der Waals surface area (Å²) in [7, 11) is -3.39. The Morgan fingerprint density at radius 1 is 1.19 bits per heavy atom. The lowest BCUT2D eigenvalue weighted by atomic mass is 10.00. The maximum Gasteiger partial charge on any atom is 0.252 e. The first-order valence-corrected chi connectivity index (χ1v) is 9.28. The van der Waals surface area contributed by atoms with Gasteiger partial charge in [0, 0.05) is 11.8 Å². The molecule has 0 saturated carbocycles. The average Bonchev–Trinajstić information content (AvgIpc) is 2.41. The van der Waals surface area contributed by atoms with Gasteiger partial charge in [-0.25, -0.2) is 8.42 Å². The molecule has 0 spiro atoms. The molecule has 0 radical (unpaired) electrons. The van der Waals surface area contributed by atoms with Crippen LogP contribution >= 0.6 is 11.6 Å². The molecule has 0 N–H and O–H groups in total. The van der Waals surface area contributed by atoms with Crippen LogP contribution in [0.25, 0.3) is 0 Å². The van der Waals surface area contributed by atoms with Crippen molar-refractivity contribution in [1.29, 1.82) is 0 Å². The third kappa shape index (κ3) is 4.97. The van der Waals surface area contributed by atoms with E-state index in [1.807, 2.05) is 13.0 Å². The second-order valence-electron chi connectivity index (χ2n) is 4.93. The molecule has 0 aliphatic heterocycles. The smallest absolute Gasteiger partial charge is 0.252 e. The zero-order chi connectivity index (χ0) is 16.0. The minimum absolute atomic E-state index is 0.202. The fourth-order valence-corrected chi connectivity index (χ4v) is 3.36. The maximum atomic E-state index is 11.9. The van der Waals surface area contributed by atoms with E-state index in [9.17, 15) is 13.2 Å². The molecule has 0 unspecified atom stereocenters. The number of carbonyl (C=O) groups excluding carboxylic acids is 1. The topological polar surface area (TPSA) is 51.2 Å². The zero-order valence-electron chi connectivity index (χ0n) is 12.6. The molecule has 1 rings (SSSR count). The Morgan fingerprint density at radius 2 is 1.86 bits per heavy atom. The molecule has 0 atom stereocenters. The van der Waals surface area contributed by atoms with Crippen molar-refractivity contribution >= 4 is 26.7 Å². The molecule has 5 heteroatoms. The minimum Gasteiger partial charge on any atom is -0.276 e. The number of aryl methyl sites for hydroxylation is 2. The van der Waals surface area contributed by atoms with Crippen molar-refractivity contribution in [3.8, 4) is 0 Å². The molecular weight excluding hydrogens is 308 g/mol. The fourth-order valence-electron chi connectivity index (χ4n) is 2.22. The summed E-state index contributed by atoms with van der Waals surface area (Å²) in [5.74, 6) is 0. The highest BCUT2D eigenvalue weighted by molar-refractivity contribution is 7.90. The van der Waals surface area contributed by atoms with E-state index in [-0.39, 0.29) is 10.5 Å². The van der Waals surface area contributed by atoms with Crippen LogP contribution in [-0.4, -0.2) is 19.9 Å². The number of halogens is 1. The van der Waals surface area contributed by atoms with Gasteiger partial charge in [0.1, 0.15) is 0 Å². The Morgan fingerprint density at radius 3 is 2.33 bits per heavy atom. The average molecular weight is 329 g/mol. The Hall–Kier alpha value is -1.13. The van der Waals surface area contributed by atoms with Gasteiger partial charge in [0.15, 0.2) is 9.84 Å². The first kappa shape index (κ1) is 17.9. The quantitative estimate of drug-likeness (QED) is 0.563. The lowest BCUT2D eigenvalue weighted by molar-refractivity contribution is 0.108. The summed E-state index contributed by atoms with van der Waals surface area (Å²) in [6, 6.07) is 3.22. The molecule has 0 fully saturated rings. The largest absolute Gasteiger partial charge is 0.276 e. The van der Waals surface area contributed by atoms with E-state index in [0.717, 1.165) is 30.2 Å². The van der Waals surface area contributed by atoms with Gasteiger partial charge in [-0.3, -0.25) is 4.79 Å². The standard InChI is InChI=1S/C16H21ClO3S/c1-4-6-7-8-9-13-10-12(5-2)14(16(17)18)11-15(13)21(3,19)20/h6-7,10-11H,4-5,8-9H2,1-3H3/b7-6+. The summed E-state index contributed by atoms with van der Waals surface area (Å²) in [5, 5.41) is -0.617. The van der Waals surface area contributed by atoms with E-state index in [1.54, 1.807) is 6.07 Å². The molecular formula is C16H21ClO3S. The molecule has 0 aromatic heterocycles. The lowest BCUT2D eigenvalue weighted by Gasteiger charge is -2.12. The van der Waals surface area contributed by atoms with Crippen LogP contribution in [0, 0.1) is 0 Å². The van der Waals surface area contributed by atoms with E-state index in [4.69, 9.17) is 11.6 Å². The molecule has 116 valence electrons. The second kappa shape index (κ2) is 7.76. The molecule has 1 aromatic rings. The molecule has 0 heterocycles. The van der Waals surface area contributed by atoms with Crippen molar-refractivity contribution < 1.29 is 13.2 Å². The normalized spacial score (nSPS) is 12.0. The predicted octanol–water partition coefficient (Wildman–Crippen LogP) is 3.93. The maximum absolute atomic E-state index is 11.9. The van der Waals surface area contributed by atoms with Gasteiger partial charge in [-0.1, -0.05) is 32.1 Å². The van der Waals surface area contributed by atoms with Gasteiger partial charge in [0.25, 0.3) is 5.24 Å². The van der Waals surface area contributed by atoms with E-state index in [0.29, 0.717) is 12.8 Å². The first-order valence-electron chi connectivity index (χ1n) is 7.01. The number of allylic oxidation sites excluding steroid dienone is 2. The van der Waals surface area contributed by atoms with Crippen molar-refractivity contribution in [3.63, 3.8) is 0 Å². The molecule has 3 nitrogen and oxygen atoms in total. The molecule has 0 amide bonds. The van der Waals surface area contributed by atoms with Crippen molar-refractivity contribution in [2.24, 2.45) is 0 Å². The molecule has 0 saturated heterocycles. The highest BCUT2D eigenvalue weighted by Crippen LogP contribution is 2.24. The van der Waals surface area contributed by atoms with Gasteiger partial charge in [-0.2, -0.15) is 0 Å². The van der Waals surface area contributed by atoms with Crippen molar-refractivity contribution in [2.45, 2.75) is 44.4 Å². The van der Waals surface area contributed by atoms with Gasteiger partial charge in [0.05, 0.1) is 4.90 Å². The van der Waals surface area contributed by atoms with Crippen LogP contribution in [0.4, 0.5) is 0 Å². The van der Waals surface area contributed by atoms with Gasteiger partial charge < -0.3 is 0 Å². The lowest BCUT2D eigenvalue weighted by Crippen LogP contribution is -2.07. The number of sulfone groups is 1. The summed E-state index contributed by atoms with van der Waals surface area (Å²) in [4.78, 5) is 11.7. The number of benzene rings is 1. The van der Waals surface area contributed by atoms with Crippen molar-refractivity contribution in [3.05, 3.63) is 41.0 Å². The summed E-state index contributed by atoms with van der Waals surface area (Å²) < 4.78 is 23.9. The van der Waals surface area contributed by atoms with Crippen LogP contribution in [0.2, 0.25) is 0 Å². The van der Waals surface area contributed by atoms with Gasteiger partial charge >= 0.3 is 0 Å². The first-order chi connectivity index (χ1) is 9.81. The number of rotatable bonds is 7. The molecule has 21 heavy (non-hydrogen) atoms. The van der Waals surface area contributed by atoms with Crippen LogP contribution in [0.1, 0.15) is 48.2 Å². The van der Waals surface area contributed by atoms with Gasteiger partial charge in [-0.05, 0) is 54.5 Å². The second-order valence-corrected chi connectivity index (χ2v) is 7.26. The Bertz CT molecular complexity index is 646. The number of carbonyl (C=O) groups is 1. The van der Waals surface area contributed by atoms with Crippen LogP contribution in [-0.2, 0) is 22.7 Å².